The zero-order valence-corrected chi connectivity index (χ0v) is 13.5. The van der Waals surface area contributed by atoms with E-state index in [9.17, 15) is 0 Å². The molecule has 0 saturated heterocycles. The lowest BCUT2D eigenvalue weighted by molar-refractivity contribution is 0.0503. The fourth-order valence-corrected chi connectivity index (χ4v) is 3.90. The van der Waals surface area contributed by atoms with Crippen molar-refractivity contribution in [2.75, 3.05) is 14.1 Å². The Bertz CT molecular complexity index is 441. The number of likely N-dealkylation sites (N-methyl/N-ethyl adjacent to an activating group) is 1. The summed E-state index contributed by atoms with van der Waals surface area (Å²) < 4.78 is 0. The van der Waals surface area contributed by atoms with Crippen LogP contribution in [0.1, 0.15) is 43.7 Å². The topological polar surface area (TPSA) is 29.3 Å². The second-order valence-electron chi connectivity index (χ2n) is 6.94. The molecule has 0 heterocycles. The van der Waals surface area contributed by atoms with E-state index in [0.29, 0.717) is 0 Å². The van der Waals surface area contributed by atoms with Gasteiger partial charge in [0.1, 0.15) is 0 Å². The Morgan fingerprint density at radius 1 is 1.35 bits per heavy atom. The Labute approximate surface area is 124 Å². The normalized spacial score (nSPS) is 28.6. The van der Waals surface area contributed by atoms with Gasteiger partial charge < -0.3 is 10.6 Å². The summed E-state index contributed by atoms with van der Waals surface area (Å²) in [5, 5.41) is 0. The van der Waals surface area contributed by atoms with Crippen LogP contribution in [0, 0.1) is 12.8 Å². The van der Waals surface area contributed by atoms with Gasteiger partial charge >= 0.3 is 0 Å². The number of hydrogen-bond donors (Lipinski definition) is 1. The fraction of sp³-hybridized carbons (Fsp3) is 0.667. The molecule has 1 fully saturated rings. The molecule has 1 aromatic carbocycles. The van der Waals surface area contributed by atoms with Crippen molar-refractivity contribution < 1.29 is 0 Å². The highest BCUT2D eigenvalue weighted by molar-refractivity contribution is 5.27. The third kappa shape index (κ3) is 3.07. The van der Waals surface area contributed by atoms with Crippen LogP contribution in [0.4, 0.5) is 0 Å². The molecule has 0 spiro atoms. The molecule has 0 aliphatic heterocycles. The van der Waals surface area contributed by atoms with Crippen molar-refractivity contribution in [1.29, 1.82) is 0 Å². The van der Waals surface area contributed by atoms with Crippen LogP contribution < -0.4 is 5.73 Å². The Morgan fingerprint density at radius 2 is 2.05 bits per heavy atom. The number of nitrogens with two attached hydrogens (primary N) is 1. The minimum absolute atomic E-state index is 0.167. The minimum Gasteiger partial charge on any atom is -0.326 e. The maximum atomic E-state index is 6.71. The molecule has 0 amide bonds. The van der Waals surface area contributed by atoms with E-state index in [1.165, 1.54) is 36.8 Å². The third-order valence-corrected chi connectivity index (χ3v) is 5.29. The Kier molecular flexibility index (Phi) is 4.87. The molecule has 1 aliphatic rings. The molecule has 2 heteroatoms. The van der Waals surface area contributed by atoms with E-state index in [1.807, 2.05) is 0 Å². The highest BCUT2D eigenvalue weighted by Crippen LogP contribution is 2.38. The Balaban J connectivity index is 2.19. The first-order valence-electron chi connectivity index (χ1n) is 7.93. The van der Waals surface area contributed by atoms with Crippen molar-refractivity contribution in [2.45, 2.75) is 57.5 Å². The molecule has 0 aromatic heterocycles. The smallest absolute Gasteiger partial charge is 0.0360 e. The van der Waals surface area contributed by atoms with Gasteiger partial charge in [-0.05, 0) is 57.3 Å². The van der Waals surface area contributed by atoms with Gasteiger partial charge in [-0.25, -0.2) is 0 Å². The molecule has 1 aliphatic carbocycles. The van der Waals surface area contributed by atoms with Crippen LogP contribution in [0.2, 0.25) is 0 Å². The van der Waals surface area contributed by atoms with Crippen molar-refractivity contribution in [3.8, 4) is 0 Å². The van der Waals surface area contributed by atoms with Crippen molar-refractivity contribution in [3.05, 3.63) is 35.4 Å². The first-order valence-corrected chi connectivity index (χ1v) is 7.93. The van der Waals surface area contributed by atoms with E-state index in [1.54, 1.807) is 0 Å². The van der Waals surface area contributed by atoms with Gasteiger partial charge in [0, 0.05) is 11.6 Å². The van der Waals surface area contributed by atoms with E-state index in [0.717, 1.165) is 12.3 Å². The monoisotopic (exact) mass is 274 g/mol. The van der Waals surface area contributed by atoms with Gasteiger partial charge in [0.15, 0.2) is 0 Å². The zero-order valence-electron chi connectivity index (χ0n) is 13.5. The lowest BCUT2D eigenvalue weighted by Gasteiger charge is -2.49. The van der Waals surface area contributed by atoms with E-state index in [4.69, 9.17) is 5.73 Å². The third-order valence-electron chi connectivity index (χ3n) is 5.29. The molecule has 1 saturated carbocycles. The van der Waals surface area contributed by atoms with Crippen molar-refractivity contribution in [1.82, 2.24) is 4.90 Å². The van der Waals surface area contributed by atoms with Crippen LogP contribution in [0.15, 0.2) is 24.3 Å². The molecule has 2 nitrogen and oxygen atoms in total. The number of aryl methyl sites for hydroxylation is 1. The molecular formula is C18H30N2. The number of nitrogens with zero attached hydrogens (tertiary/aromatic N) is 1. The molecule has 20 heavy (non-hydrogen) atoms. The van der Waals surface area contributed by atoms with Crippen LogP contribution in [0.5, 0.6) is 0 Å². The molecule has 3 unspecified atom stereocenters. The van der Waals surface area contributed by atoms with Gasteiger partial charge in [-0.3, -0.25) is 0 Å². The SMILES string of the molecule is Cc1ccccc1CC(N)C1(N(C)C)CCCC(C)C1. The average Bonchev–Trinajstić information content (AvgIpc) is 2.41. The van der Waals surface area contributed by atoms with Crippen LogP contribution >= 0.6 is 0 Å². The zero-order chi connectivity index (χ0) is 14.8. The number of rotatable bonds is 4. The second kappa shape index (κ2) is 6.28. The molecule has 2 rings (SSSR count). The van der Waals surface area contributed by atoms with E-state index in [2.05, 4.69) is 57.1 Å². The molecule has 2 N–H and O–H groups in total. The van der Waals surface area contributed by atoms with Crippen molar-refractivity contribution in [3.63, 3.8) is 0 Å². The second-order valence-corrected chi connectivity index (χ2v) is 6.94. The predicted molar refractivity (Wildman–Crippen MR) is 86.9 cm³/mol. The predicted octanol–water partition coefficient (Wildman–Crippen LogP) is 3.38. The maximum Gasteiger partial charge on any atom is 0.0360 e. The van der Waals surface area contributed by atoms with Gasteiger partial charge in [0.2, 0.25) is 0 Å². The summed E-state index contributed by atoms with van der Waals surface area (Å²) in [6.07, 6.45) is 6.11. The summed E-state index contributed by atoms with van der Waals surface area (Å²) >= 11 is 0. The summed E-state index contributed by atoms with van der Waals surface area (Å²) in [6, 6.07) is 8.86. The van der Waals surface area contributed by atoms with Gasteiger partial charge in [0.25, 0.3) is 0 Å². The van der Waals surface area contributed by atoms with Gasteiger partial charge in [0.05, 0.1) is 0 Å². The first-order chi connectivity index (χ1) is 9.45. The number of benzene rings is 1. The van der Waals surface area contributed by atoms with E-state index >= 15 is 0 Å². The highest BCUT2D eigenvalue weighted by atomic mass is 15.2. The van der Waals surface area contributed by atoms with Crippen molar-refractivity contribution in [2.24, 2.45) is 11.7 Å². The van der Waals surface area contributed by atoms with Crippen LogP contribution in [-0.4, -0.2) is 30.6 Å². The molecule has 0 radical (unpaired) electrons. The summed E-state index contributed by atoms with van der Waals surface area (Å²) in [4.78, 5) is 2.39. The molecule has 1 aromatic rings. The molecule has 0 bridgehead atoms. The molecular weight excluding hydrogens is 244 g/mol. The van der Waals surface area contributed by atoms with Gasteiger partial charge in [-0.15, -0.1) is 0 Å². The lowest BCUT2D eigenvalue weighted by atomic mass is 9.70. The lowest BCUT2D eigenvalue weighted by Crippen LogP contribution is -2.60. The minimum atomic E-state index is 0.167. The summed E-state index contributed by atoms with van der Waals surface area (Å²) in [5.74, 6) is 0.786. The van der Waals surface area contributed by atoms with Gasteiger partial charge in [-0.2, -0.15) is 0 Å². The summed E-state index contributed by atoms with van der Waals surface area (Å²) in [5.41, 5.74) is 9.64. The standard InChI is InChI=1S/C18H30N2/c1-14-8-7-11-18(13-14,20(3)4)17(19)12-16-10-6-5-9-15(16)2/h5-6,9-10,14,17H,7-8,11-13,19H2,1-4H3. The summed E-state index contributed by atoms with van der Waals surface area (Å²) in [6.45, 7) is 4.56. The van der Waals surface area contributed by atoms with Crippen LogP contribution in [0.25, 0.3) is 0 Å². The quantitative estimate of drug-likeness (QED) is 0.912. The van der Waals surface area contributed by atoms with Gasteiger partial charge in [-0.1, -0.05) is 44.0 Å². The first kappa shape index (κ1) is 15.5. The maximum absolute atomic E-state index is 6.71. The molecule has 3 atom stereocenters. The Morgan fingerprint density at radius 3 is 2.65 bits per heavy atom. The van der Waals surface area contributed by atoms with Crippen LogP contribution in [-0.2, 0) is 6.42 Å². The van der Waals surface area contributed by atoms with Crippen LogP contribution in [0.3, 0.4) is 0 Å². The summed E-state index contributed by atoms with van der Waals surface area (Å²) in [7, 11) is 4.41. The average molecular weight is 274 g/mol. The van der Waals surface area contributed by atoms with E-state index in [-0.39, 0.29) is 11.6 Å². The Hall–Kier alpha value is -0.860. The van der Waals surface area contributed by atoms with E-state index < -0.39 is 0 Å². The van der Waals surface area contributed by atoms with Crippen molar-refractivity contribution >= 4 is 0 Å². The number of hydrogen-bond acceptors (Lipinski definition) is 2. The highest BCUT2D eigenvalue weighted by Gasteiger charge is 2.41. The largest absolute Gasteiger partial charge is 0.326 e. The molecule has 112 valence electrons. The fourth-order valence-electron chi connectivity index (χ4n) is 3.90.